The topological polar surface area (TPSA) is 35.6 Å². The van der Waals surface area contributed by atoms with Crippen molar-refractivity contribution < 1.29 is 4.79 Å². The van der Waals surface area contributed by atoms with Crippen LogP contribution in [0, 0.1) is 5.92 Å². The van der Waals surface area contributed by atoms with Crippen molar-refractivity contribution in [3.8, 4) is 0 Å². The highest BCUT2D eigenvalue weighted by molar-refractivity contribution is 5.78. The van der Waals surface area contributed by atoms with Gasteiger partial charge in [-0.05, 0) is 51.7 Å². The fourth-order valence-electron chi connectivity index (χ4n) is 3.36. The average molecular weight is 267 g/mol. The van der Waals surface area contributed by atoms with E-state index in [-0.39, 0.29) is 0 Å². The van der Waals surface area contributed by atoms with E-state index >= 15 is 0 Å². The van der Waals surface area contributed by atoms with Gasteiger partial charge in [-0.1, -0.05) is 12.8 Å². The fraction of sp³-hybridized carbons (Fsp3) is 0.933. The molecule has 1 atom stereocenters. The molecule has 4 heteroatoms. The van der Waals surface area contributed by atoms with Crippen molar-refractivity contribution in [1.82, 2.24) is 15.1 Å². The van der Waals surface area contributed by atoms with E-state index in [4.69, 9.17) is 0 Å². The van der Waals surface area contributed by atoms with Gasteiger partial charge < -0.3 is 10.2 Å². The SMILES string of the molecule is CNCC1CCCN(CC(=O)N2CCCCCC2)C1. The molecule has 2 rings (SSSR count). The highest BCUT2D eigenvalue weighted by Gasteiger charge is 2.23. The number of rotatable bonds is 4. The summed E-state index contributed by atoms with van der Waals surface area (Å²) in [7, 11) is 2.02. The maximum atomic E-state index is 12.4. The predicted octanol–water partition coefficient (Wildman–Crippen LogP) is 1.32. The highest BCUT2D eigenvalue weighted by atomic mass is 16.2. The van der Waals surface area contributed by atoms with E-state index in [9.17, 15) is 4.79 Å². The van der Waals surface area contributed by atoms with Gasteiger partial charge in [-0.3, -0.25) is 9.69 Å². The second-order valence-corrected chi connectivity index (χ2v) is 6.10. The molecule has 4 nitrogen and oxygen atoms in total. The molecule has 1 amide bonds. The number of amides is 1. The number of carbonyl (C=O) groups excluding carboxylic acids is 1. The molecule has 0 saturated carbocycles. The van der Waals surface area contributed by atoms with Crippen LogP contribution in [0.1, 0.15) is 38.5 Å². The van der Waals surface area contributed by atoms with E-state index in [1.165, 1.54) is 38.5 Å². The summed E-state index contributed by atoms with van der Waals surface area (Å²) in [5, 5.41) is 3.26. The Balaban J connectivity index is 1.77. The molecule has 2 saturated heterocycles. The Morgan fingerprint density at radius 1 is 1.11 bits per heavy atom. The number of hydrogen-bond donors (Lipinski definition) is 1. The summed E-state index contributed by atoms with van der Waals surface area (Å²) in [6.45, 7) is 5.86. The van der Waals surface area contributed by atoms with Crippen molar-refractivity contribution >= 4 is 5.91 Å². The molecule has 1 N–H and O–H groups in total. The molecule has 2 fully saturated rings. The smallest absolute Gasteiger partial charge is 0.236 e. The van der Waals surface area contributed by atoms with Gasteiger partial charge in [0.2, 0.25) is 5.91 Å². The van der Waals surface area contributed by atoms with E-state index in [0.717, 1.165) is 38.6 Å². The van der Waals surface area contributed by atoms with E-state index < -0.39 is 0 Å². The Morgan fingerprint density at radius 3 is 2.53 bits per heavy atom. The molecule has 2 aliphatic rings. The minimum absolute atomic E-state index is 0.354. The quantitative estimate of drug-likeness (QED) is 0.834. The fourth-order valence-corrected chi connectivity index (χ4v) is 3.36. The first-order valence-corrected chi connectivity index (χ1v) is 7.94. The number of carbonyl (C=O) groups is 1. The van der Waals surface area contributed by atoms with Gasteiger partial charge in [0.25, 0.3) is 0 Å². The van der Waals surface area contributed by atoms with Crippen molar-refractivity contribution in [3.05, 3.63) is 0 Å². The summed E-state index contributed by atoms with van der Waals surface area (Å²) in [5.41, 5.74) is 0. The lowest BCUT2D eigenvalue weighted by atomic mass is 9.98. The summed E-state index contributed by atoms with van der Waals surface area (Å²) in [4.78, 5) is 16.8. The van der Waals surface area contributed by atoms with Gasteiger partial charge in [-0.2, -0.15) is 0 Å². The lowest BCUT2D eigenvalue weighted by Gasteiger charge is -2.33. The molecular formula is C15H29N3O. The summed E-state index contributed by atoms with van der Waals surface area (Å²) in [6.07, 6.45) is 7.49. The van der Waals surface area contributed by atoms with E-state index in [0.29, 0.717) is 12.5 Å². The van der Waals surface area contributed by atoms with Crippen molar-refractivity contribution in [2.45, 2.75) is 38.5 Å². The first kappa shape index (κ1) is 14.8. The van der Waals surface area contributed by atoms with Gasteiger partial charge >= 0.3 is 0 Å². The second-order valence-electron chi connectivity index (χ2n) is 6.10. The minimum Gasteiger partial charge on any atom is -0.342 e. The largest absolute Gasteiger partial charge is 0.342 e. The normalized spacial score (nSPS) is 26.2. The summed E-state index contributed by atoms with van der Waals surface area (Å²) in [6, 6.07) is 0. The Bertz CT molecular complexity index is 273. The first-order valence-electron chi connectivity index (χ1n) is 7.94. The summed E-state index contributed by atoms with van der Waals surface area (Å²) in [5.74, 6) is 1.07. The standard InChI is InChI=1S/C15H29N3O/c1-16-11-14-7-6-8-17(12-14)13-15(19)18-9-4-2-3-5-10-18/h14,16H,2-13H2,1H3. The molecule has 0 bridgehead atoms. The molecule has 0 aliphatic carbocycles. The van der Waals surface area contributed by atoms with Crippen LogP contribution < -0.4 is 5.32 Å². The van der Waals surface area contributed by atoms with Crippen LogP contribution in [0.2, 0.25) is 0 Å². The molecule has 0 aromatic carbocycles. The van der Waals surface area contributed by atoms with Gasteiger partial charge in [0.05, 0.1) is 6.54 Å². The molecule has 19 heavy (non-hydrogen) atoms. The molecule has 0 aromatic heterocycles. The number of nitrogens with one attached hydrogen (secondary N) is 1. The Kier molecular flexibility index (Phi) is 6.11. The van der Waals surface area contributed by atoms with Crippen LogP contribution in [0.3, 0.4) is 0 Å². The molecule has 0 aromatic rings. The molecular weight excluding hydrogens is 238 g/mol. The molecule has 0 radical (unpaired) electrons. The van der Waals surface area contributed by atoms with Crippen LogP contribution in [0.5, 0.6) is 0 Å². The lowest BCUT2D eigenvalue weighted by molar-refractivity contribution is -0.132. The zero-order valence-electron chi connectivity index (χ0n) is 12.4. The first-order chi connectivity index (χ1) is 9.29. The molecule has 0 spiro atoms. The Hall–Kier alpha value is -0.610. The summed E-state index contributed by atoms with van der Waals surface area (Å²) >= 11 is 0. The molecule has 2 heterocycles. The number of hydrogen-bond acceptors (Lipinski definition) is 3. The van der Waals surface area contributed by atoms with Crippen molar-refractivity contribution in [3.63, 3.8) is 0 Å². The highest BCUT2D eigenvalue weighted by Crippen LogP contribution is 2.16. The zero-order valence-corrected chi connectivity index (χ0v) is 12.4. The van der Waals surface area contributed by atoms with E-state index in [2.05, 4.69) is 15.1 Å². The van der Waals surface area contributed by atoms with E-state index in [1.807, 2.05) is 7.05 Å². The van der Waals surface area contributed by atoms with Crippen LogP contribution >= 0.6 is 0 Å². The lowest BCUT2D eigenvalue weighted by Crippen LogP contribution is -2.45. The molecule has 110 valence electrons. The molecule has 1 unspecified atom stereocenters. The maximum absolute atomic E-state index is 12.4. The third-order valence-electron chi connectivity index (χ3n) is 4.41. The van der Waals surface area contributed by atoms with Crippen LogP contribution in [-0.4, -0.2) is 62.0 Å². The van der Waals surface area contributed by atoms with Gasteiger partial charge in [0.15, 0.2) is 0 Å². The van der Waals surface area contributed by atoms with Crippen LogP contribution in [0.4, 0.5) is 0 Å². The zero-order chi connectivity index (χ0) is 13.5. The number of piperidine rings is 1. The summed E-state index contributed by atoms with van der Waals surface area (Å²) < 4.78 is 0. The Morgan fingerprint density at radius 2 is 1.84 bits per heavy atom. The Labute approximate surface area is 117 Å². The monoisotopic (exact) mass is 267 g/mol. The van der Waals surface area contributed by atoms with Gasteiger partial charge in [-0.15, -0.1) is 0 Å². The van der Waals surface area contributed by atoms with Crippen LogP contribution in [0.15, 0.2) is 0 Å². The van der Waals surface area contributed by atoms with Crippen LogP contribution in [0.25, 0.3) is 0 Å². The number of likely N-dealkylation sites (tertiary alicyclic amines) is 2. The second kappa shape index (κ2) is 7.85. The van der Waals surface area contributed by atoms with Gasteiger partial charge in [0, 0.05) is 19.6 Å². The van der Waals surface area contributed by atoms with E-state index in [1.54, 1.807) is 0 Å². The third kappa shape index (κ3) is 4.77. The van der Waals surface area contributed by atoms with Gasteiger partial charge in [-0.25, -0.2) is 0 Å². The predicted molar refractivity (Wildman–Crippen MR) is 78.1 cm³/mol. The minimum atomic E-state index is 0.354. The maximum Gasteiger partial charge on any atom is 0.236 e. The third-order valence-corrected chi connectivity index (χ3v) is 4.41. The van der Waals surface area contributed by atoms with Gasteiger partial charge in [0.1, 0.15) is 0 Å². The van der Waals surface area contributed by atoms with Crippen LogP contribution in [-0.2, 0) is 4.79 Å². The van der Waals surface area contributed by atoms with Crippen molar-refractivity contribution in [2.75, 3.05) is 46.3 Å². The van der Waals surface area contributed by atoms with Crippen molar-refractivity contribution in [1.29, 1.82) is 0 Å². The van der Waals surface area contributed by atoms with Crippen molar-refractivity contribution in [2.24, 2.45) is 5.92 Å². The molecule has 2 aliphatic heterocycles. The number of nitrogens with zero attached hydrogens (tertiary/aromatic N) is 2. The average Bonchev–Trinajstić information content (AvgIpc) is 2.68.